The molecule has 2 aliphatic heterocycles. The van der Waals surface area contributed by atoms with Gasteiger partial charge < -0.3 is 25.9 Å². The first kappa shape index (κ1) is 23.9. The Kier molecular flexibility index (Phi) is 6.98. The van der Waals surface area contributed by atoms with E-state index in [1.807, 2.05) is 6.07 Å². The topological polar surface area (TPSA) is 139 Å². The lowest BCUT2D eigenvalue weighted by Crippen LogP contribution is -2.31. The molecule has 0 radical (unpaired) electrons. The van der Waals surface area contributed by atoms with Gasteiger partial charge in [-0.1, -0.05) is 0 Å². The molecule has 0 amide bonds. The summed E-state index contributed by atoms with van der Waals surface area (Å²) < 4.78 is 48.2. The fraction of sp³-hybridized carbons (Fsp3) is 0.455. The van der Waals surface area contributed by atoms with Gasteiger partial charge in [0.25, 0.3) is 6.47 Å². The smallest absolute Gasteiger partial charge is 0.420 e. The number of hydrogen-bond donors (Lipinski definition) is 4. The van der Waals surface area contributed by atoms with E-state index >= 15 is 0 Å². The van der Waals surface area contributed by atoms with Gasteiger partial charge in [-0.05, 0) is 37.9 Å². The summed E-state index contributed by atoms with van der Waals surface area (Å²) in [6.07, 6.45) is -0.813. The third-order valence-electron chi connectivity index (χ3n) is 6.08. The van der Waals surface area contributed by atoms with Crippen molar-refractivity contribution >= 4 is 23.5 Å². The van der Waals surface area contributed by atoms with Gasteiger partial charge in [0.1, 0.15) is 11.2 Å². The molecule has 5 N–H and O–H groups in total. The molecule has 0 saturated carbocycles. The van der Waals surface area contributed by atoms with E-state index < -0.39 is 11.7 Å². The van der Waals surface area contributed by atoms with Crippen LogP contribution in [0.4, 0.5) is 19.1 Å². The lowest BCUT2D eigenvalue weighted by molar-refractivity contribution is -0.138. The standard InChI is InChI=1S/C21H23F3N6O.CH2O2/c22-21(23,24)16-17(11-2-1-6-26-8-11)29-20(25)30-18(16)14-9-27-19-13(14)3-4-15(28-19)12-5-7-31-10-12;2-1-3/h3-4,9,11-12,26H,1-2,5-8,10H2,(H,27,28)(H2,25,29,30);1H,(H,2,3)/t11-,12?;/m0./s1. The SMILES string of the molecule is Nc1nc(-c2c[nH]c3nc(C4CCOC4)ccc23)c(C(F)(F)F)c([C@H]2CCCNC2)n1.O=CO. The average molecular weight is 478 g/mol. The van der Waals surface area contributed by atoms with Gasteiger partial charge in [0.2, 0.25) is 5.95 Å². The number of alkyl halides is 3. The van der Waals surface area contributed by atoms with Gasteiger partial charge in [0.05, 0.1) is 18.0 Å². The van der Waals surface area contributed by atoms with E-state index in [0.717, 1.165) is 25.1 Å². The highest BCUT2D eigenvalue weighted by atomic mass is 19.4. The number of aromatic amines is 1. The number of nitrogens with zero attached hydrogens (tertiary/aromatic N) is 3. The molecule has 9 nitrogen and oxygen atoms in total. The highest BCUT2D eigenvalue weighted by Gasteiger charge is 2.41. The number of rotatable bonds is 3. The van der Waals surface area contributed by atoms with E-state index in [0.29, 0.717) is 42.8 Å². The maximum absolute atomic E-state index is 14.3. The van der Waals surface area contributed by atoms with E-state index in [4.69, 9.17) is 20.4 Å². The van der Waals surface area contributed by atoms with Crippen molar-refractivity contribution < 1.29 is 27.8 Å². The van der Waals surface area contributed by atoms with Crippen LogP contribution in [0.15, 0.2) is 18.3 Å². The van der Waals surface area contributed by atoms with Crippen LogP contribution in [0, 0.1) is 0 Å². The van der Waals surface area contributed by atoms with Gasteiger partial charge in [-0.2, -0.15) is 13.2 Å². The van der Waals surface area contributed by atoms with Gasteiger partial charge in [-0.25, -0.2) is 15.0 Å². The molecule has 0 spiro atoms. The minimum atomic E-state index is -4.62. The number of H-pyrrole nitrogens is 1. The molecule has 5 rings (SSSR count). The summed E-state index contributed by atoms with van der Waals surface area (Å²) >= 11 is 0. The molecule has 3 aromatic rings. The number of nitrogen functional groups attached to an aromatic ring is 1. The zero-order valence-corrected chi connectivity index (χ0v) is 18.2. The molecule has 12 heteroatoms. The Morgan fingerprint density at radius 1 is 1.18 bits per heavy atom. The Bertz CT molecular complexity index is 1150. The first-order chi connectivity index (χ1) is 16.3. The predicted octanol–water partition coefficient (Wildman–Crippen LogP) is 3.29. The molecule has 5 heterocycles. The maximum atomic E-state index is 14.3. The number of anilines is 1. The molecule has 0 aromatic carbocycles. The van der Waals surface area contributed by atoms with Crippen LogP contribution >= 0.6 is 0 Å². The third-order valence-corrected chi connectivity index (χ3v) is 6.08. The Labute approximate surface area is 193 Å². The van der Waals surface area contributed by atoms with E-state index in [2.05, 4.69) is 25.3 Å². The number of carboxylic acid groups (broad SMARTS) is 1. The van der Waals surface area contributed by atoms with Crippen LogP contribution in [0.2, 0.25) is 0 Å². The van der Waals surface area contributed by atoms with Crippen LogP contribution in [-0.4, -0.2) is 57.8 Å². The second kappa shape index (κ2) is 9.94. The van der Waals surface area contributed by atoms with Crippen molar-refractivity contribution in [1.82, 2.24) is 25.3 Å². The number of halogens is 3. The molecule has 2 saturated heterocycles. The number of nitrogens with two attached hydrogens (primary N) is 1. The number of piperidine rings is 1. The van der Waals surface area contributed by atoms with Crippen molar-refractivity contribution in [3.05, 3.63) is 35.3 Å². The number of fused-ring (bicyclic) bond motifs is 1. The van der Waals surface area contributed by atoms with E-state index in [1.165, 1.54) is 6.20 Å². The first-order valence-corrected chi connectivity index (χ1v) is 10.9. The van der Waals surface area contributed by atoms with E-state index in [-0.39, 0.29) is 35.6 Å². The normalized spacial score (nSPS) is 20.7. The summed E-state index contributed by atoms with van der Waals surface area (Å²) in [6.45, 7) is 2.26. The molecular weight excluding hydrogens is 453 g/mol. The quantitative estimate of drug-likeness (QED) is 0.421. The minimum Gasteiger partial charge on any atom is -0.483 e. The van der Waals surface area contributed by atoms with Gasteiger partial charge in [0.15, 0.2) is 0 Å². The fourth-order valence-corrected chi connectivity index (χ4v) is 4.56. The molecule has 34 heavy (non-hydrogen) atoms. The largest absolute Gasteiger partial charge is 0.483 e. The van der Waals surface area contributed by atoms with Gasteiger partial charge in [-0.15, -0.1) is 0 Å². The van der Waals surface area contributed by atoms with E-state index in [1.54, 1.807) is 6.07 Å². The Morgan fingerprint density at radius 3 is 2.62 bits per heavy atom. The van der Waals surface area contributed by atoms with Crippen LogP contribution in [0.1, 0.15) is 48.0 Å². The monoisotopic (exact) mass is 478 g/mol. The zero-order valence-electron chi connectivity index (χ0n) is 18.2. The summed E-state index contributed by atoms with van der Waals surface area (Å²) in [5.74, 6) is -0.334. The predicted molar refractivity (Wildman–Crippen MR) is 118 cm³/mol. The number of nitrogens with one attached hydrogen (secondary N) is 2. The van der Waals surface area contributed by atoms with Gasteiger partial charge >= 0.3 is 6.18 Å². The summed E-state index contributed by atoms with van der Waals surface area (Å²) in [4.78, 5) is 24.1. The third kappa shape index (κ3) is 4.82. The Morgan fingerprint density at radius 2 is 1.97 bits per heavy atom. The second-order valence-corrected chi connectivity index (χ2v) is 8.23. The molecule has 2 atom stereocenters. The van der Waals surface area contributed by atoms with Crippen LogP contribution < -0.4 is 11.1 Å². The van der Waals surface area contributed by atoms with E-state index in [9.17, 15) is 13.2 Å². The fourth-order valence-electron chi connectivity index (χ4n) is 4.56. The van der Waals surface area contributed by atoms with Gasteiger partial charge in [0, 0.05) is 47.8 Å². The molecule has 182 valence electrons. The minimum absolute atomic E-state index is 0.0377. The van der Waals surface area contributed by atoms with Crippen LogP contribution in [-0.2, 0) is 15.7 Å². The molecule has 0 bridgehead atoms. The second-order valence-electron chi connectivity index (χ2n) is 8.23. The highest BCUT2D eigenvalue weighted by molar-refractivity contribution is 5.93. The lowest BCUT2D eigenvalue weighted by Gasteiger charge is -2.26. The van der Waals surface area contributed by atoms with Crippen molar-refractivity contribution in [3.8, 4) is 11.3 Å². The Hall–Kier alpha value is -3.25. The Balaban J connectivity index is 0.000000868. The molecule has 3 aromatic heterocycles. The van der Waals surface area contributed by atoms with Crippen LogP contribution in [0.5, 0.6) is 0 Å². The van der Waals surface area contributed by atoms with Crippen molar-refractivity contribution in [2.75, 3.05) is 32.0 Å². The van der Waals surface area contributed by atoms with Crippen molar-refractivity contribution in [3.63, 3.8) is 0 Å². The number of hydrogen-bond acceptors (Lipinski definition) is 7. The number of aromatic nitrogens is 4. The number of ether oxygens (including phenoxy) is 1. The molecular formula is C22H25F3N6O3. The molecule has 2 fully saturated rings. The number of pyridine rings is 1. The van der Waals surface area contributed by atoms with Crippen molar-refractivity contribution in [1.29, 1.82) is 0 Å². The highest BCUT2D eigenvalue weighted by Crippen LogP contribution is 2.43. The summed E-state index contributed by atoms with van der Waals surface area (Å²) in [7, 11) is 0. The lowest BCUT2D eigenvalue weighted by atomic mass is 9.90. The first-order valence-electron chi connectivity index (χ1n) is 10.9. The van der Waals surface area contributed by atoms with Gasteiger partial charge in [-0.3, -0.25) is 4.79 Å². The van der Waals surface area contributed by atoms with Crippen LogP contribution in [0.3, 0.4) is 0 Å². The molecule has 1 unspecified atom stereocenters. The maximum Gasteiger partial charge on any atom is 0.420 e. The van der Waals surface area contributed by atoms with Crippen molar-refractivity contribution in [2.45, 2.75) is 37.3 Å². The molecule has 2 aliphatic rings. The van der Waals surface area contributed by atoms with Crippen molar-refractivity contribution in [2.24, 2.45) is 0 Å². The average Bonchev–Trinajstić information content (AvgIpc) is 3.48. The summed E-state index contributed by atoms with van der Waals surface area (Å²) in [5, 5.41) is 10.6. The molecule has 0 aliphatic carbocycles. The van der Waals surface area contributed by atoms with Crippen LogP contribution in [0.25, 0.3) is 22.3 Å². The number of carbonyl (C=O) groups is 1. The zero-order chi connectivity index (χ0) is 24.3. The summed E-state index contributed by atoms with van der Waals surface area (Å²) in [6, 6.07) is 3.64. The summed E-state index contributed by atoms with van der Waals surface area (Å²) in [5.41, 5.74) is 6.54.